The molecule has 0 saturated heterocycles. The number of nitrogens with one attached hydrogen (secondary N) is 1. The molecule has 0 aliphatic heterocycles. The van der Waals surface area contributed by atoms with Crippen molar-refractivity contribution in [3.63, 3.8) is 0 Å². The lowest BCUT2D eigenvalue weighted by Crippen LogP contribution is -2.22. The summed E-state index contributed by atoms with van der Waals surface area (Å²) in [7, 11) is 0. The largest absolute Gasteiger partial charge is 0.310 e. The highest BCUT2D eigenvalue weighted by Gasteiger charge is 2.28. The van der Waals surface area contributed by atoms with E-state index in [4.69, 9.17) is 0 Å². The summed E-state index contributed by atoms with van der Waals surface area (Å²) in [4.78, 5) is 18.6. The predicted octanol–water partition coefficient (Wildman–Crippen LogP) is 2.98. The summed E-state index contributed by atoms with van der Waals surface area (Å²) in [5.41, 5.74) is 4.90. The lowest BCUT2D eigenvalue weighted by molar-refractivity contribution is 0.358. The van der Waals surface area contributed by atoms with Crippen LogP contribution in [0, 0.1) is 12.3 Å². The van der Waals surface area contributed by atoms with Gasteiger partial charge in [0.05, 0.1) is 5.69 Å². The number of aromatic nitrogens is 5. The molecule has 1 aliphatic carbocycles. The highest BCUT2D eigenvalue weighted by atomic mass is 16.1. The zero-order valence-electron chi connectivity index (χ0n) is 15.6. The van der Waals surface area contributed by atoms with Crippen molar-refractivity contribution in [3.05, 3.63) is 51.0 Å². The second-order valence-corrected chi connectivity index (χ2v) is 7.73. The number of aryl methyl sites for hydroxylation is 3. The fraction of sp³-hybridized carbons (Fsp3) is 0.579. The molecule has 1 aliphatic rings. The summed E-state index contributed by atoms with van der Waals surface area (Å²) in [5.74, 6) is 0.689. The van der Waals surface area contributed by atoms with Crippen molar-refractivity contribution in [2.75, 3.05) is 0 Å². The fourth-order valence-electron chi connectivity index (χ4n) is 3.76. The van der Waals surface area contributed by atoms with Crippen LogP contribution in [0.4, 0.5) is 0 Å². The molecule has 0 atom stereocenters. The van der Waals surface area contributed by atoms with Gasteiger partial charge < -0.3 is 4.98 Å². The number of allylic oxidation sites excluding steroid dienone is 2. The Morgan fingerprint density at radius 1 is 1.32 bits per heavy atom. The fourth-order valence-corrected chi connectivity index (χ4v) is 3.76. The van der Waals surface area contributed by atoms with Gasteiger partial charge in [0.1, 0.15) is 5.82 Å². The molecule has 2 heterocycles. The second kappa shape index (κ2) is 6.94. The first-order valence-electron chi connectivity index (χ1n) is 8.98. The quantitative estimate of drug-likeness (QED) is 0.848. The smallest absolute Gasteiger partial charge is 0.251 e. The minimum atomic E-state index is -0.108. The number of nitrogens with zero attached hydrogens (tertiary/aromatic N) is 4. The Labute approximate surface area is 148 Å². The maximum absolute atomic E-state index is 11.5. The van der Waals surface area contributed by atoms with Crippen LogP contribution < -0.4 is 5.56 Å². The van der Waals surface area contributed by atoms with Crippen LogP contribution in [-0.4, -0.2) is 25.0 Å². The van der Waals surface area contributed by atoms with Crippen LogP contribution in [0.1, 0.15) is 57.2 Å². The maximum atomic E-state index is 11.5. The molecule has 6 heteroatoms. The van der Waals surface area contributed by atoms with Gasteiger partial charge in [-0.3, -0.25) is 9.48 Å². The molecule has 0 radical (unpaired) electrons. The first-order chi connectivity index (χ1) is 11.8. The van der Waals surface area contributed by atoms with E-state index in [0.717, 1.165) is 17.8 Å². The summed E-state index contributed by atoms with van der Waals surface area (Å²) >= 11 is 0. The molecule has 0 aromatic carbocycles. The SMILES string of the molecule is CC1=C(Cc2cn(CCc3nc(C)cc(=O)[nH]3)nn2)C(C)(C)CCC1. The molecule has 2 aromatic heterocycles. The third-order valence-corrected chi connectivity index (χ3v) is 5.13. The molecule has 2 aromatic rings. The average molecular weight is 341 g/mol. The van der Waals surface area contributed by atoms with E-state index in [-0.39, 0.29) is 11.0 Å². The Morgan fingerprint density at radius 3 is 2.84 bits per heavy atom. The molecular formula is C19H27N5O. The summed E-state index contributed by atoms with van der Waals surface area (Å²) in [6, 6.07) is 1.50. The molecule has 0 bridgehead atoms. The third-order valence-electron chi connectivity index (χ3n) is 5.13. The molecule has 0 unspecified atom stereocenters. The molecule has 0 fully saturated rings. The van der Waals surface area contributed by atoms with E-state index in [1.807, 2.05) is 17.8 Å². The topological polar surface area (TPSA) is 76.5 Å². The van der Waals surface area contributed by atoms with Crippen molar-refractivity contribution in [1.82, 2.24) is 25.0 Å². The number of hydrogen-bond acceptors (Lipinski definition) is 4. The lowest BCUT2D eigenvalue weighted by Gasteiger charge is -2.34. The highest BCUT2D eigenvalue weighted by Crippen LogP contribution is 2.41. The lowest BCUT2D eigenvalue weighted by atomic mass is 9.71. The molecule has 0 saturated carbocycles. The van der Waals surface area contributed by atoms with Crippen LogP contribution >= 0.6 is 0 Å². The molecular weight excluding hydrogens is 314 g/mol. The first-order valence-corrected chi connectivity index (χ1v) is 8.98. The van der Waals surface area contributed by atoms with E-state index in [2.05, 4.69) is 41.1 Å². The van der Waals surface area contributed by atoms with Gasteiger partial charge in [-0.05, 0) is 38.5 Å². The van der Waals surface area contributed by atoms with Crippen LogP contribution in [0.3, 0.4) is 0 Å². The van der Waals surface area contributed by atoms with Crippen LogP contribution in [0.2, 0.25) is 0 Å². The number of aromatic amines is 1. The molecule has 0 amide bonds. The van der Waals surface area contributed by atoms with Crippen LogP contribution in [0.15, 0.2) is 28.2 Å². The van der Waals surface area contributed by atoms with Crippen molar-refractivity contribution in [1.29, 1.82) is 0 Å². The summed E-state index contributed by atoms with van der Waals surface area (Å²) in [6.45, 7) is 9.39. The van der Waals surface area contributed by atoms with E-state index in [0.29, 0.717) is 18.8 Å². The van der Waals surface area contributed by atoms with E-state index in [9.17, 15) is 4.79 Å². The Kier molecular flexibility index (Phi) is 4.88. The maximum Gasteiger partial charge on any atom is 0.251 e. The van der Waals surface area contributed by atoms with Crippen molar-refractivity contribution < 1.29 is 0 Å². The Morgan fingerprint density at radius 2 is 2.12 bits per heavy atom. The average Bonchev–Trinajstić information content (AvgIpc) is 2.96. The van der Waals surface area contributed by atoms with Gasteiger partial charge in [-0.1, -0.05) is 30.2 Å². The molecule has 6 nitrogen and oxygen atoms in total. The van der Waals surface area contributed by atoms with Crippen LogP contribution in [0.25, 0.3) is 0 Å². The highest BCUT2D eigenvalue weighted by molar-refractivity contribution is 5.26. The van der Waals surface area contributed by atoms with Crippen molar-refractivity contribution in [2.45, 2.75) is 66.3 Å². The zero-order chi connectivity index (χ0) is 18.0. The minimum Gasteiger partial charge on any atom is -0.310 e. The zero-order valence-corrected chi connectivity index (χ0v) is 15.6. The summed E-state index contributed by atoms with van der Waals surface area (Å²) in [6.07, 6.45) is 7.22. The molecule has 25 heavy (non-hydrogen) atoms. The minimum absolute atomic E-state index is 0.108. The third kappa shape index (κ3) is 4.24. The van der Waals surface area contributed by atoms with Gasteiger partial charge in [0, 0.05) is 37.3 Å². The van der Waals surface area contributed by atoms with E-state index >= 15 is 0 Å². The van der Waals surface area contributed by atoms with Gasteiger partial charge >= 0.3 is 0 Å². The van der Waals surface area contributed by atoms with Crippen LogP contribution in [-0.2, 0) is 19.4 Å². The predicted molar refractivity (Wildman–Crippen MR) is 97.4 cm³/mol. The normalized spacial score (nSPS) is 17.1. The Bertz CT molecular complexity index is 843. The molecule has 3 rings (SSSR count). The van der Waals surface area contributed by atoms with Gasteiger partial charge in [0.15, 0.2) is 0 Å². The Hall–Kier alpha value is -2.24. The number of hydrogen-bond donors (Lipinski definition) is 1. The van der Waals surface area contributed by atoms with Gasteiger partial charge in [0.25, 0.3) is 5.56 Å². The summed E-state index contributed by atoms with van der Waals surface area (Å²) < 4.78 is 1.84. The molecule has 1 N–H and O–H groups in total. The Balaban J connectivity index is 1.67. The van der Waals surface area contributed by atoms with Crippen molar-refractivity contribution in [2.24, 2.45) is 5.41 Å². The molecule has 134 valence electrons. The van der Waals surface area contributed by atoms with Gasteiger partial charge in [-0.15, -0.1) is 5.10 Å². The van der Waals surface area contributed by atoms with E-state index in [1.54, 1.807) is 0 Å². The van der Waals surface area contributed by atoms with Gasteiger partial charge in [0.2, 0.25) is 0 Å². The monoisotopic (exact) mass is 341 g/mol. The molecule has 0 spiro atoms. The number of H-pyrrole nitrogens is 1. The van der Waals surface area contributed by atoms with Crippen molar-refractivity contribution in [3.8, 4) is 0 Å². The van der Waals surface area contributed by atoms with Gasteiger partial charge in [-0.2, -0.15) is 0 Å². The van der Waals surface area contributed by atoms with E-state index in [1.165, 1.54) is 36.5 Å². The van der Waals surface area contributed by atoms with Crippen LogP contribution in [0.5, 0.6) is 0 Å². The van der Waals surface area contributed by atoms with Gasteiger partial charge in [-0.25, -0.2) is 4.98 Å². The first kappa shape index (κ1) is 17.6. The number of rotatable bonds is 5. The van der Waals surface area contributed by atoms with E-state index < -0.39 is 0 Å². The summed E-state index contributed by atoms with van der Waals surface area (Å²) in [5, 5.41) is 8.58. The van der Waals surface area contributed by atoms with Crippen molar-refractivity contribution >= 4 is 0 Å². The standard InChI is InChI=1S/C19H27N5O/c1-13-6-5-8-19(3,4)16(13)11-15-12-24(23-22-15)9-7-17-20-14(2)10-18(25)21-17/h10,12H,5-9,11H2,1-4H3,(H,20,21,25). The second-order valence-electron chi connectivity index (χ2n) is 7.73.